The normalized spacial score (nSPS) is 17.8. The predicted molar refractivity (Wildman–Crippen MR) is 104 cm³/mol. The molecule has 2 heterocycles. The van der Waals surface area contributed by atoms with E-state index in [1.807, 2.05) is 5.41 Å². The van der Waals surface area contributed by atoms with Gasteiger partial charge in [0.2, 0.25) is 0 Å². The standard InChI is InChI=1S/C13H19NO4S4Si/c1-16-23(17-2,18-3)8-4-5-14-11(15)10-9-21-13(22-10)12-19-6-7-20-12/h6-7,9H,4-5,8H2,1-3H3,(H,14,15). The van der Waals surface area contributed by atoms with Gasteiger partial charge in [0.25, 0.3) is 5.91 Å². The first-order valence-electron chi connectivity index (χ1n) is 6.85. The van der Waals surface area contributed by atoms with Crippen molar-refractivity contribution in [3.05, 3.63) is 29.6 Å². The van der Waals surface area contributed by atoms with E-state index in [-0.39, 0.29) is 5.91 Å². The zero-order valence-electron chi connectivity index (χ0n) is 13.1. The highest BCUT2D eigenvalue weighted by Crippen LogP contribution is 2.53. The predicted octanol–water partition coefficient (Wildman–Crippen LogP) is 3.77. The highest BCUT2D eigenvalue weighted by Gasteiger charge is 2.36. The maximum absolute atomic E-state index is 12.2. The van der Waals surface area contributed by atoms with Crippen molar-refractivity contribution < 1.29 is 18.1 Å². The van der Waals surface area contributed by atoms with Crippen molar-refractivity contribution >= 4 is 61.8 Å². The van der Waals surface area contributed by atoms with Crippen molar-refractivity contribution in [3.8, 4) is 0 Å². The van der Waals surface area contributed by atoms with Gasteiger partial charge in [-0.2, -0.15) is 0 Å². The van der Waals surface area contributed by atoms with Crippen LogP contribution in [0.3, 0.4) is 0 Å². The Hall–Kier alpha value is 0.187. The molecular weight excluding hydrogens is 391 g/mol. The van der Waals surface area contributed by atoms with E-state index in [1.165, 1.54) is 20.2 Å². The minimum absolute atomic E-state index is 0.0291. The Balaban J connectivity index is 1.73. The smallest absolute Gasteiger partial charge is 0.377 e. The van der Waals surface area contributed by atoms with Crippen LogP contribution in [0.1, 0.15) is 6.42 Å². The third kappa shape index (κ3) is 5.33. The summed E-state index contributed by atoms with van der Waals surface area (Å²) in [5, 5.41) is 8.98. The minimum Gasteiger partial charge on any atom is -0.377 e. The van der Waals surface area contributed by atoms with E-state index in [0.717, 1.165) is 11.3 Å². The number of rotatable bonds is 8. The maximum atomic E-state index is 12.2. The summed E-state index contributed by atoms with van der Waals surface area (Å²) in [7, 11) is 2.24. The van der Waals surface area contributed by atoms with Crippen LogP contribution in [0.4, 0.5) is 0 Å². The van der Waals surface area contributed by atoms with Crippen LogP contribution < -0.4 is 5.32 Å². The molecule has 0 saturated heterocycles. The molecule has 0 unspecified atom stereocenters. The second-order valence-electron chi connectivity index (χ2n) is 4.44. The largest absolute Gasteiger partial charge is 0.500 e. The van der Waals surface area contributed by atoms with Crippen LogP contribution in [-0.2, 0) is 18.1 Å². The van der Waals surface area contributed by atoms with E-state index in [0.29, 0.717) is 12.6 Å². The van der Waals surface area contributed by atoms with Crippen molar-refractivity contribution in [2.45, 2.75) is 12.5 Å². The van der Waals surface area contributed by atoms with Crippen molar-refractivity contribution in [3.63, 3.8) is 0 Å². The molecule has 0 radical (unpaired) electrons. The average Bonchev–Trinajstić information content (AvgIpc) is 3.26. The lowest BCUT2D eigenvalue weighted by Crippen LogP contribution is -2.43. The molecule has 23 heavy (non-hydrogen) atoms. The van der Waals surface area contributed by atoms with Crippen LogP contribution in [0.15, 0.2) is 29.6 Å². The van der Waals surface area contributed by atoms with Gasteiger partial charge in [-0.3, -0.25) is 4.79 Å². The second-order valence-corrected chi connectivity index (χ2v) is 11.8. The van der Waals surface area contributed by atoms with Gasteiger partial charge in [0.15, 0.2) is 0 Å². The molecule has 0 aliphatic carbocycles. The molecule has 0 fully saturated rings. The SMILES string of the molecule is CO[Si](CCCNC(=O)C1=CSC(=C2SC=CS2)S1)(OC)OC. The Bertz CT molecular complexity index is 516. The van der Waals surface area contributed by atoms with E-state index in [1.54, 1.807) is 56.6 Å². The third-order valence-electron chi connectivity index (χ3n) is 3.15. The first-order chi connectivity index (χ1) is 11.1. The minimum atomic E-state index is -2.54. The first kappa shape index (κ1) is 19.5. The van der Waals surface area contributed by atoms with Gasteiger partial charge in [-0.25, -0.2) is 0 Å². The molecule has 1 N–H and O–H groups in total. The van der Waals surface area contributed by atoms with Gasteiger partial charge >= 0.3 is 8.80 Å². The molecule has 2 rings (SSSR count). The first-order valence-corrected chi connectivity index (χ1v) is 12.2. The number of hydrogen-bond acceptors (Lipinski definition) is 8. The van der Waals surface area contributed by atoms with Gasteiger partial charge < -0.3 is 18.6 Å². The van der Waals surface area contributed by atoms with Gasteiger partial charge in [0.1, 0.15) is 0 Å². The summed E-state index contributed by atoms with van der Waals surface area (Å²) in [6.45, 7) is 0.573. The van der Waals surface area contributed by atoms with E-state index in [2.05, 4.69) is 16.1 Å². The number of thioether (sulfide) groups is 4. The molecule has 5 nitrogen and oxygen atoms in total. The van der Waals surface area contributed by atoms with Crippen LogP contribution >= 0.6 is 47.0 Å². The molecule has 2 aliphatic heterocycles. The summed E-state index contributed by atoms with van der Waals surface area (Å²) < 4.78 is 18.5. The van der Waals surface area contributed by atoms with Crippen LogP contribution in [0.25, 0.3) is 0 Å². The molecule has 2 aliphatic rings. The summed E-state index contributed by atoms with van der Waals surface area (Å²) in [4.78, 5) is 12.9. The number of hydrogen-bond donors (Lipinski definition) is 1. The van der Waals surface area contributed by atoms with Crippen molar-refractivity contribution in [1.82, 2.24) is 5.32 Å². The van der Waals surface area contributed by atoms with E-state index in [4.69, 9.17) is 13.3 Å². The molecule has 1 amide bonds. The highest BCUT2D eigenvalue weighted by molar-refractivity contribution is 8.33. The summed E-state index contributed by atoms with van der Waals surface area (Å²) in [5.74, 6) is -0.0291. The molecule has 0 aromatic heterocycles. The molecule has 0 saturated carbocycles. The van der Waals surface area contributed by atoms with Crippen LogP contribution in [0.5, 0.6) is 0 Å². The Kier molecular flexibility index (Phi) is 8.15. The summed E-state index contributed by atoms with van der Waals surface area (Å²) in [6, 6.07) is 0.673. The highest BCUT2D eigenvalue weighted by atomic mass is 32.2. The molecule has 0 atom stereocenters. The van der Waals surface area contributed by atoms with Gasteiger partial charge in [-0.05, 0) is 22.6 Å². The van der Waals surface area contributed by atoms with Crippen LogP contribution in [-0.4, -0.2) is 42.6 Å². The topological polar surface area (TPSA) is 56.8 Å². The van der Waals surface area contributed by atoms with Crippen LogP contribution in [0, 0.1) is 0 Å². The molecule has 0 bridgehead atoms. The van der Waals surface area contributed by atoms with Gasteiger partial charge in [0, 0.05) is 33.9 Å². The molecule has 10 heteroatoms. The fraction of sp³-hybridized carbons (Fsp3) is 0.462. The number of carbonyl (C=O) groups is 1. The maximum Gasteiger partial charge on any atom is 0.500 e. The Morgan fingerprint density at radius 1 is 1.09 bits per heavy atom. The average molecular weight is 410 g/mol. The Morgan fingerprint density at radius 3 is 2.35 bits per heavy atom. The number of nitrogens with one attached hydrogen (secondary N) is 1. The van der Waals surface area contributed by atoms with Gasteiger partial charge in [0.05, 0.1) is 13.4 Å². The van der Waals surface area contributed by atoms with Crippen molar-refractivity contribution in [2.24, 2.45) is 0 Å². The quantitative estimate of drug-likeness (QED) is 0.480. The number of carbonyl (C=O) groups excluding carboxylic acids is 1. The molecule has 0 aromatic rings. The molecule has 0 aromatic carbocycles. The van der Waals surface area contributed by atoms with Crippen molar-refractivity contribution in [2.75, 3.05) is 27.9 Å². The lowest BCUT2D eigenvalue weighted by molar-refractivity contribution is -0.116. The Morgan fingerprint density at radius 2 is 1.74 bits per heavy atom. The number of amides is 1. The van der Waals surface area contributed by atoms with E-state index in [9.17, 15) is 4.79 Å². The zero-order valence-corrected chi connectivity index (χ0v) is 17.4. The zero-order chi connectivity index (χ0) is 16.7. The molecule has 0 spiro atoms. The lowest BCUT2D eigenvalue weighted by atomic mass is 10.4. The Labute approximate surface area is 154 Å². The fourth-order valence-corrected chi connectivity index (χ4v) is 7.98. The summed E-state index contributed by atoms with van der Waals surface area (Å²) >= 11 is 6.56. The lowest BCUT2D eigenvalue weighted by Gasteiger charge is -2.24. The van der Waals surface area contributed by atoms with E-state index < -0.39 is 8.80 Å². The summed E-state index contributed by atoms with van der Waals surface area (Å²) in [5.41, 5.74) is 0. The molecule has 128 valence electrons. The summed E-state index contributed by atoms with van der Waals surface area (Å²) in [6.07, 6.45) is 0.752. The van der Waals surface area contributed by atoms with Gasteiger partial charge in [-0.1, -0.05) is 47.0 Å². The molecular formula is C13H19NO4S4Si. The fourth-order valence-electron chi connectivity index (χ4n) is 1.90. The van der Waals surface area contributed by atoms with Crippen molar-refractivity contribution in [1.29, 1.82) is 0 Å². The third-order valence-corrected chi connectivity index (χ3v) is 11.0. The van der Waals surface area contributed by atoms with Gasteiger partial charge in [-0.15, -0.1) is 0 Å². The monoisotopic (exact) mass is 409 g/mol. The van der Waals surface area contributed by atoms with E-state index >= 15 is 0 Å². The van der Waals surface area contributed by atoms with Crippen LogP contribution in [0.2, 0.25) is 6.04 Å². The second kappa shape index (κ2) is 9.61.